The number of aromatic hydroxyl groups is 2. The monoisotopic (exact) mass is 307 g/mol. The number of para-hydroxylation sites is 2. The molecule has 0 bridgehead atoms. The number of amides is 1. The van der Waals surface area contributed by atoms with Gasteiger partial charge in [-0.25, -0.2) is 0 Å². The number of phenolic OH excluding ortho intramolecular Hbond substituents is 2. The fourth-order valence-electron chi connectivity index (χ4n) is 1.47. The molecule has 3 N–H and O–H groups in total. The normalized spacial score (nSPS) is 10.1. The zero-order chi connectivity index (χ0) is 13.1. The zero-order valence-corrected chi connectivity index (χ0v) is 10.8. The number of carbonyl (C=O) groups excluding carboxylic acids is 1. The molecule has 1 amide bonds. The molecule has 92 valence electrons. The van der Waals surface area contributed by atoms with Crippen molar-refractivity contribution in [3.63, 3.8) is 0 Å². The maximum absolute atomic E-state index is 11.9. The van der Waals surface area contributed by atoms with Crippen LogP contribution in [0.3, 0.4) is 0 Å². The van der Waals surface area contributed by atoms with E-state index < -0.39 is 11.7 Å². The van der Waals surface area contributed by atoms with Crippen LogP contribution in [0.1, 0.15) is 10.4 Å². The summed E-state index contributed by atoms with van der Waals surface area (Å²) in [5.41, 5.74) is 0.607. The average molecular weight is 308 g/mol. The van der Waals surface area contributed by atoms with Gasteiger partial charge >= 0.3 is 0 Å². The lowest BCUT2D eigenvalue weighted by Gasteiger charge is -2.08. The van der Waals surface area contributed by atoms with E-state index in [0.29, 0.717) is 5.69 Å². The molecule has 0 aliphatic heterocycles. The van der Waals surface area contributed by atoms with Crippen molar-refractivity contribution in [1.82, 2.24) is 0 Å². The van der Waals surface area contributed by atoms with Gasteiger partial charge in [0.2, 0.25) is 0 Å². The second kappa shape index (κ2) is 5.10. The van der Waals surface area contributed by atoms with Gasteiger partial charge in [-0.1, -0.05) is 18.2 Å². The van der Waals surface area contributed by atoms with Crippen LogP contribution >= 0.6 is 15.9 Å². The number of anilines is 1. The molecule has 0 atom stereocenters. The van der Waals surface area contributed by atoms with Crippen molar-refractivity contribution < 1.29 is 15.0 Å². The van der Waals surface area contributed by atoms with Crippen LogP contribution in [-0.4, -0.2) is 16.1 Å². The number of benzene rings is 2. The Morgan fingerprint density at radius 2 is 1.78 bits per heavy atom. The van der Waals surface area contributed by atoms with E-state index in [0.717, 1.165) is 4.47 Å². The van der Waals surface area contributed by atoms with Gasteiger partial charge in [0, 0.05) is 4.47 Å². The Morgan fingerprint density at radius 3 is 2.50 bits per heavy atom. The highest BCUT2D eigenvalue weighted by Gasteiger charge is 2.14. The minimum absolute atomic E-state index is 0.0192. The minimum atomic E-state index is -0.490. The number of hydrogen-bond acceptors (Lipinski definition) is 3. The summed E-state index contributed by atoms with van der Waals surface area (Å²) in [5, 5.41) is 21.6. The number of halogens is 1. The standard InChI is InChI=1S/C13H10BrNO3/c14-9-5-1-2-6-10(9)15-13(18)8-4-3-7-11(16)12(8)17/h1-7,16-17H,(H,15,18). The lowest BCUT2D eigenvalue weighted by atomic mass is 10.1. The third kappa shape index (κ3) is 2.46. The first kappa shape index (κ1) is 12.4. The van der Waals surface area contributed by atoms with Crippen LogP contribution in [0.4, 0.5) is 5.69 Å². The van der Waals surface area contributed by atoms with Gasteiger partial charge in [0.25, 0.3) is 5.91 Å². The van der Waals surface area contributed by atoms with Gasteiger partial charge in [-0.2, -0.15) is 0 Å². The second-order valence-corrected chi connectivity index (χ2v) is 4.46. The third-order valence-corrected chi connectivity index (χ3v) is 3.07. The Balaban J connectivity index is 2.28. The molecule has 0 unspecified atom stereocenters. The third-order valence-electron chi connectivity index (χ3n) is 2.38. The van der Waals surface area contributed by atoms with Crippen molar-refractivity contribution in [3.8, 4) is 11.5 Å². The quantitative estimate of drug-likeness (QED) is 0.747. The highest BCUT2D eigenvalue weighted by molar-refractivity contribution is 9.10. The lowest BCUT2D eigenvalue weighted by molar-refractivity contribution is 0.102. The van der Waals surface area contributed by atoms with Crippen LogP contribution in [0.5, 0.6) is 11.5 Å². The molecule has 5 heteroatoms. The zero-order valence-electron chi connectivity index (χ0n) is 9.22. The fourth-order valence-corrected chi connectivity index (χ4v) is 1.85. The maximum Gasteiger partial charge on any atom is 0.259 e. The molecule has 0 fully saturated rings. The van der Waals surface area contributed by atoms with Crippen molar-refractivity contribution in [3.05, 3.63) is 52.5 Å². The summed E-state index contributed by atoms with van der Waals surface area (Å²) < 4.78 is 0.734. The van der Waals surface area contributed by atoms with Crippen LogP contribution < -0.4 is 5.32 Å². The Morgan fingerprint density at radius 1 is 1.06 bits per heavy atom. The topological polar surface area (TPSA) is 69.6 Å². The smallest absolute Gasteiger partial charge is 0.259 e. The van der Waals surface area contributed by atoms with Gasteiger partial charge in [-0.15, -0.1) is 0 Å². The van der Waals surface area contributed by atoms with Crippen molar-refractivity contribution in [2.45, 2.75) is 0 Å². The van der Waals surface area contributed by atoms with E-state index in [1.807, 2.05) is 6.07 Å². The second-order valence-electron chi connectivity index (χ2n) is 3.61. The van der Waals surface area contributed by atoms with Crippen molar-refractivity contribution in [2.24, 2.45) is 0 Å². The molecule has 0 aliphatic rings. The highest BCUT2D eigenvalue weighted by atomic mass is 79.9. The summed E-state index contributed by atoms with van der Waals surface area (Å²) in [6.07, 6.45) is 0. The predicted octanol–water partition coefficient (Wildman–Crippen LogP) is 3.11. The van der Waals surface area contributed by atoms with Gasteiger partial charge < -0.3 is 15.5 Å². The Kier molecular flexibility index (Phi) is 3.53. The minimum Gasteiger partial charge on any atom is -0.504 e. The molecule has 0 radical (unpaired) electrons. The van der Waals surface area contributed by atoms with E-state index in [1.165, 1.54) is 18.2 Å². The summed E-state index contributed by atoms with van der Waals surface area (Å²) >= 11 is 3.30. The van der Waals surface area contributed by atoms with Crippen molar-refractivity contribution >= 4 is 27.5 Å². The van der Waals surface area contributed by atoms with E-state index in [1.54, 1.807) is 18.2 Å². The largest absolute Gasteiger partial charge is 0.504 e. The average Bonchev–Trinajstić information content (AvgIpc) is 2.35. The first-order valence-electron chi connectivity index (χ1n) is 5.16. The molecule has 2 rings (SSSR count). The molecule has 2 aromatic rings. The molecule has 4 nitrogen and oxygen atoms in total. The first-order chi connectivity index (χ1) is 8.59. The van der Waals surface area contributed by atoms with E-state index in [9.17, 15) is 15.0 Å². The van der Waals surface area contributed by atoms with E-state index in [4.69, 9.17) is 0 Å². The number of carbonyl (C=O) groups is 1. The molecule has 0 heterocycles. The number of phenols is 2. The van der Waals surface area contributed by atoms with Crippen LogP contribution in [0, 0.1) is 0 Å². The summed E-state index contributed by atoms with van der Waals surface area (Å²) in [5.74, 6) is -1.24. The predicted molar refractivity (Wildman–Crippen MR) is 71.9 cm³/mol. The number of rotatable bonds is 2. The molecule has 2 aromatic carbocycles. The summed E-state index contributed by atoms with van der Waals surface area (Å²) in [6, 6.07) is 11.4. The van der Waals surface area contributed by atoms with Crippen LogP contribution in [-0.2, 0) is 0 Å². The van der Waals surface area contributed by atoms with Gasteiger partial charge in [0.05, 0.1) is 11.3 Å². The summed E-state index contributed by atoms with van der Waals surface area (Å²) in [4.78, 5) is 11.9. The van der Waals surface area contributed by atoms with Gasteiger partial charge in [-0.05, 0) is 40.2 Å². The Labute approximate surface area is 112 Å². The van der Waals surface area contributed by atoms with Gasteiger partial charge in [0.15, 0.2) is 11.5 Å². The van der Waals surface area contributed by atoms with E-state index in [-0.39, 0.29) is 11.3 Å². The summed E-state index contributed by atoms with van der Waals surface area (Å²) in [7, 11) is 0. The molecule has 0 saturated carbocycles. The van der Waals surface area contributed by atoms with Crippen LogP contribution in [0.15, 0.2) is 46.9 Å². The lowest BCUT2D eigenvalue weighted by Crippen LogP contribution is -2.12. The molecule has 0 spiro atoms. The molecule has 18 heavy (non-hydrogen) atoms. The maximum atomic E-state index is 11.9. The Hall–Kier alpha value is -2.01. The van der Waals surface area contributed by atoms with E-state index in [2.05, 4.69) is 21.2 Å². The van der Waals surface area contributed by atoms with Gasteiger partial charge in [0.1, 0.15) is 0 Å². The van der Waals surface area contributed by atoms with Crippen molar-refractivity contribution in [1.29, 1.82) is 0 Å². The van der Waals surface area contributed by atoms with Crippen molar-refractivity contribution in [2.75, 3.05) is 5.32 Å². The fraction of sp³-hybridized carbons (Fsp3) is 0. The van der Waals surface area contributed by atoms with Gasteiger partial charge in [-0.3, -0.25) is 4.79 Å². The molecule has 0 aliphatic carbocycles. The van der Waals surface area contributed by atoms with Crippen LogP contribution in [0.25, 0.3) is 0 Å². The molecule has 0 saturated heterocycles. The SMILES string of the molecule is O=C(Nc1ccccc1Br)c1cccc(O)c1O. The van der Waals surface area contributed by atoms with Crippen LogP contribution in [0.2, 0.25) is 0 Å². The molecular weight excluding hydrogens is 298 g/mol. The number of nitrogens with one attached hydrogen (secondary N) is 1. The number of hydrogen-bond donors (Lipinski definition) is 3. The Bertz CT molecular complexity index is 599. The summed E-state index contributed by atoms with van der Waals surface area (Å²) in [6.45, 7) is 0. The first-order valence-corrected chi connectivity index (χ1v) is 5.95. The molecular formula is C13H10BrNO3. The van der Waals surface area contributed by atoms with E-state index >= 15 is 0 Å². The molecule has 0 aromatic heterocycles. The highest BCUT2D eigenvalue weighted by Crippen LogP contribution is 2.29.